The Morgan fingerprint density at radius 1 is 1.44 bits per heavy atom. The van der Waals surface area contributed by atoms with Crippen LogP contribution in [-0.4, -0.2) is 26.2 Å². The van der Waals surface area contributed by atoms with Gasteiger partial charge in [0.15, 0.2) is 0 Å². The molecular formula is C12H23N3O. The molecule has 0 saturated carbocycles. The molecule has 0 bridgehead atoms. The van der Waals surface area contributed by atoms with E-state index in [1.54, 1.807) is 4.68 Å². The monoisotopic (exact) mass is 225 g/mol. The Bertz CT molecular complexity index is 298. The largest absolute Gasteiger partial charge is 0.392 e. The van der Waals surface area contributed by atoms with Crippen LogP contribution in [0, 0.1) is 5.92 Å². The second-order valence-electron chi connectivity index (χ2n) is 4.47. The molecule has 1 aromatic rings. The zero-order chi connectivity index (χ0) is 12.0. The van der Waals surface area contributed by atoms with Crippen molar-refractivity contribution in [3.63, 3.8) is 0 Å². The van der Waals surface area contributed by atoms with Crippen molar-refractivity contribution in [2.45, 2.75) is 52.1 Å². The minimum Gasteiger partial charge on any atom is -0.392 e. The van der Waals surface area contributed by atoms with Crippen molar-refractivity contribution >= 4 is 0 Å². The lowest BCUT2D eigenvalue weighted by Crippen LogP contribution is -2.22. The molecule has 2 unspecified atom stereocenters. The van der Waals surface area contributed by atoms with Gasteiger partial charge in [-0.15, -0.1) is 5.10 Å². The highest BCUT2D eigenvalue weighted by Crippen LogP contribution is 2.19. The number of nitrogens with zero attached hydrogens (tertiary/aromatic N) is 3. The van der Waals surface area contributed by atoms with Crippen LogP contribution < -0.4 is 0 Å². The van der Waals surface area contributed by atoms with Gasteiger partial charge in [0.1, 0.15) is 0 Å². The van der Waals surface area contributed by atoms with Gasteiger partial charge >= 0.3 is 0 Å². The summed E-state index contributed by atoms with van der Waals surface area (Å²) >= 11 is 0. The molecule has 0 aliphatic carbocycles. The molecule has 0 aliphatic rings. The van der Waals surface area contributed by atoms with Crippen LogP contribution in [0.5, 0.6) is 0 Å². The van der Waals surface area contributed by atoms with E-state index < -0.39 is 0 Å². The van der Waals surface area contributed by atoms with E-state index in [-0.39, 0.29) is 6.10 Å². The van der Waals surface area contributed by atoms with Gasteiger partial charge in [0.25, 0.3) is 0 Å². The normalized spacial score (nSPS) is 15.0. The minimum atomic E-state index is -0.284. The van der Waals surface area contributed by atoms with E-state index >= 15 is 0 Å². The average Bonchev–Trinajstić information content (AvgIpc) is 2.65. The van der Waals surface area contributed by atoms with Gasteiger partial charge < -0.3 is 5.11 Å². The molecule has 0 saturated heterocycles. The van der Waals surface area contributed by atoms with Crippen molar-refractivity contribution in [2.24, 2.45) is 13.0 Å². The zero-order valence-corrected chi connectivity index (χ0v) is 10.6. The number of hydrogen-bond donors (Lipinski definition) is 1. The molecule has 0 spiro atoms. The maximum absolute atomic E-state index is 10.1. The maximum atomic E-state index is 10.1. The molecule has 0 fully saturated rings. The highest BCUT2D eigenvalue weighted by Gasteiger charge is 2.18. The zero-order valence-electron chi connectivity index (χ0n) is 10.6. The van der Waals surface area contributed by atoms with Crippen molar-refractivity contribution in [1.82, 2.24) is 15.0 Å². The Labute approximate surface area is 97.7 Å². The lowest BCUT2D eigenvalue weighted by atomic mass is 9.91. The van der Waals surface area contributed by atoms with Gasteiger partial charge in [0, 0.05) is 19.7 Å². The Morgan fingerprint density at radius 3 is 2.69 bits per heavy atom. The van der Waals surface area contributed by atoms with Crippen molar-refractivity contribution in [1.29, 1.82) is 0 Å². The number of aliphatic hydroxyl groups excluding tert-OH is 1. The molecule has 0 radical (unpaired) electrons. The van der Waals surface area contributed by atoms with Crippen LogP contribution in [0.2, 0.25) is 0 Å². The molecule has 1 heterocycles. The summed E-state index contributed by atoms with van der Waals surface area (Å²) < 4.78 is 1.68. The lowest BCUT2D eigenvalue weighted by molar-refractivity contribution is 0.0978. The predicted octanol–water partition coefficient (Wildman–Crippen LogP) is 1.93. The lowest BCUT2D eigenvalue weighted by Gasteiger charge is -2.20. The predicted molar refractivity (Wildman–Crippen MR) is 64.0 cm³/mol. The second kappa shape index (κ2) is 6.63. The molecule has 4 nitrogen and oxygen atoms in total. The van der Waals surface area contributed by atoms with Crippen LogP contribution in [0.15, 0.2) is 6.20 Å². The van der Waals surface area contributed by atoms with E-state index in [1.165, 1.54) is 12.8 Å². The van der Waals surface area contributed by atoms with E-state index in [9.17, 15) is 5.11 Å². The van der Waals surface area contributed by atoms with Crippen LogP contribution in [-0.2, 0) is 13.5 Å². The first-order chi connectivity index (χ1) is 7.67. The van der Waals surface area contributed by atoms with E-state index in [1.807, 2.05) is 13.2 Å². The highest BCUT2D eigenvalue weighted by atomic mass is 16.3. The average molecular weight is 225 g/mol. The summed E-state index contributed by atoms with van der Waals surface area (Å²) in [5.74, 6) is 0.391. The van der Waals surface area contributed by atoms with Crippen molar-refractivity contribution in [2.75, 3.05) is 0 Å². The summed E-state index contributed by atoms with van der Waals surface area (Å²) in [7, 11) is 1.84. The maximum Gasteiger partial charge on any atom is 0.0852 e. The highest BCUT2D eigenvalue weighted by molar-refractivity contribution is 4.95. The number of rotatable bonds is 7. The molecule has 1 aromatic heterocycles. The third-order valence-corrected chi connectivity index (χ3v) is 3.07. The Morgan fingerprint density at radius 2 is 2.19 bits per heavy atom. The van der Waals surface area contributed by atoms with Crippen LogP contribution in [0.3, 0.4) is 0 Å². The summed E-state index contributed by atoms with van der Waals surface area (Å²) in [6, 6.07) is 0. The minimum absolute atomic E-state index is 0.284. The number of unbranched alkanes of at least 4 members (excludes halogenated alkanes) is 1. The van der Waals surface area contributed by atoms with Gasteiger partial charge in [-0.3, -0.25) is 4.68 Å². The third kappa shape index (κ3) is 3.93. The first-order valence-electron chi connectivity index (χ1n) is 6.20. The smallest absolute Gasteiger partial charge is 0.0852 e. The summed E-state index contributed by atoms with van der Waals surface area (Å²) in [6.07, 6.45) is 6.72. The van der Waals surface area contributed by atoms with E-state index in [2.05, 4.69) is 24.2 Å². The molecule has 0 aromatic carbocycles. The first kappa shape index (κ1) is 13.2. The molecule has 0 amide bonds. The molecule has 16 heavy (non-hydrogen) atoms. The van der Waals surface area contributed by atoms with Crippen molar-refractivity contribution in [3.05, 3.63) is 11.9 Å². The van der Waals surface area contributed by atoms with Gasteiger partial charge in [-0.2, -0.15) is 0 Å². The fraction of sp³-hybridized carbons (Fsp3) is 0.833. The molecular weight excluding hydrogens is 202 g/mol. The summed E-state index contributed by atoms with van der Waals surface area (Å²) in [5, 5.41) is 18.0. The molecule has 4 heteroatoms. The molecule has 0 aliphatic heterocycles. The summed E-state index contributed by atoms with van der Waals surface area (Å²) in [6.45, 7) is 4.32. The fourth-order valence-electron chi connectivity index (χ4n) is 2.00. The molecule has 92 valence electrons. The molecule has 1 rings (SSSR count). The number of aliphatic hydroxyl groups is 1. The topological polar surface area (TPSA) is 50.9 Å². The number of aromatic nitrogens is 3. The SMILES string of the molecule is CCCCC(CC)C(O)Cc1cn(C)nn1. The van der Waals surface area contributed by atoms with Gasteiger partial charge in [0.2, 0.25) is 0 Å². The van der Waals surface area contributed by atoms with Gasteiger partial charge in [-0.05, 0) is 12.3 Å². The van der Waals surface area contributed by atoms with E-state index in [4.69, 9.17) is 0 Å². The first-order valence-corrected chi connectivity index (χ1v) is 6.20. The standard InChI is InChI=1S/C12H23N3O/c1-4-6-7-10(5-2)12(16)8-11-9-15(3)14-13-11/h9-10,12,16H,4-8H2,1-3H3. The van der Waals surface area contributed by atoms with Crippen molar-refractivity contribution < 1.29 is 5.11 Å². The molecule has 1 N–H and O–H groups in total. The van der Waals surface area contributed by atoms with Gasteiger partial charge in [-0.1, -0.05) is 38.3 Å². The van der Waals surface area contributed by atoms with Crippen LogP contribution >= 0.6 is 0 Å². The van der Waals surface area contributed by atoms with Crippen molar-refractivity contribution in [3.8, 4) is 0 Å². The van der Waals surface area contributed by atoms with Crippen LogP contribution in [0.4, 0.5) is 0 Å². The quantitative estimate of drug-likeness (QED) is 0.771. The van der Waals surface area contributed by atoms with Crippen LogP contribution in [0.25, 0.3) is 0 Å². The number of hydrogen-bond acceptors (Lipinski definition) is 3. The summed E-state index contributed by atoms with van der Waals surface area (Å²) in [5.41, 5.74) is 0.880. The Hall–Kier alpha value is -0.900. The van der Waals surface area contributed by atoms with Gasteiger partial charge in [-0.25, -0.2) is 0 Å². The fourth-order valence-corrected chi connectivity index (χ4v) is 2.00. The third-order valence-electron chi connectivity index (χ3n) is 3.07. The van der Waals surface area contributed by atoms with Gasteiger partial charge in [0.05, 0.1) is 11.8 Å². The van der Waals surface area contributed by atoms with E-state index in [0.717, 1.165) is 18.5 Å². The second-order valence-corrected chi connectivity index (χ2v) is 4.47. The summed E-state index contributed by atoms with van der Waals surface area (Å²) in [4.78, 5) is 0. The Kier molecular flexibility index (Phi) is 5.46. The number of aryl methyl sites for hydroxylation is 1. The van der Waals surface area contributed by atoms with E-state index in [0.29, 0.717) is 12.3 Å². The Balaban J connectivity index is 2.45. The van der Waals surface area contributed by atoms with Crippen LogP contribution in [0.1, 0.15) is 45.2 Å². The molecule has 2 atom stereocenters.